The van der Waals surface area contributed by atoms with Gasteiger partial charge in [-0.3, -0.25) is 9.59 Å². The summed E-state index contributed by atoms with van der Waals surface area (Å²) in [6.45, 7) is 4.32. The molecule has 4 heteroatoms. The van der Waals surface area contributed by atoms with Crippen molar-refractivity contribution in [3.05, 3.63) is 35.4 Å². The average Bonchev–Trinajstić information content (AvgIpc) is 2.68. The highest BCUT2D eigenvalue weighted by molar-refractivity contribution is 5.79. The summed E-state index contributed by atoms with van der Waals surface area (Å²) >= 11 is 0. The Morgan fingerprint density at radius 2 is 1.73 bits per heavy atom. The minimum Gasteiger partial charge on any atom is -0.352 e. The number of hydrogen-bond donors (Lipinski definition) is 1. The van der Waals surface area contributed by atoms with Gasteiger partial charge in [-0.05, 0) is 49.7 Å². The van der Waals surface area contributed by atoms with E-state index in [4.69, 9.17) is 0 Å². The first-order chi connectivity index (χ1) is 12.6. The van der Waals surface area contributed by atoms with Crippen molar-refractivity contribution >= 4 is 11.8 Å². The number of nitrogens with one attached hydrogen (secondary N) is 1. The Morgan fingerprint density at radius 1 is 1.04 bits per heavy atom. The van der Waals surface area contributed by atoms with E-state index in [1.165, 1.54) is 30.4 Å². The van der Waals surface area contributed by atoms with Crippen LogP contribution in [0.25, 0.3) is 0 Å². The van der Waals surface area contributed by atoms with Gasteiger partial charge in [-0.1, -0.05) is 43.5 Å². The molecule has 0 aromatic heterocycles. The van der Waals surface area contributed by atoms with Crippen molar-refractivity contribution in [1.29, 1.82) is 0 Å². The molecular formula is C22H32N2O2. The Bertz CT molecular complexity index is 614. The molecule has 1 aliphatic heterocycles. The Hall–Kier alpha value is -1.84. The summed E-state index contributed by atoms with van der Waals surface area (Å²) in [5, 5.41) is 3.05. The number of hydrogen-bond acceptors (Lipinski definition) is 2. The lowest BCUT2D eigenvalue weighted by Crippen LogP contribution is -2.43. The van der Waals surface area contributed by atoms with Gasteiger partial charge in [-0.15, -0.1) is 0 Å². The van der Waals surface area contributed by atoms with Gasteiger partial charge >= 0.3 is 0 Å². The molecule has 4 nitrogen and oxygen atoms in total. The molecule has 1 saturated carbocycles. The second-order valence-electron chi connectivity index (χ2n) is 8.01. The van der Waals surface area contributed by atoms with Crippen molar-refractivity contribution in [2.45, 2.75) is 64.8 Å². The molecule has 1 aromatic rings. The standard InChI is InChI=1S/C22H32N2O2/c1-17-7-5-6-10-20(17)16-23-21(25)15-18-11-13-24(14-12-18)22(26)19-8-3-2-4-9-19/h5-7,10,18-19H,2-4,8-9,11-16H2,1H3,(H,23,25). The van der Waals surface area contributed by atoms with E-state index < -0.39 is 0 Å². The fraction of sp³-hybridized carbons (Fsp3) is 0.636. The predicted octanol–water partition coefficient (Wildman–Crippen LogP) is 3.82. The molecule has 0 unspecified atom stereocenters. The maximum atomic E-state index is 12.6. The normalized spacial score (nSPS) is 19.3. The number of benzene rings is 1. The Morgan fingerprint density at radius 3 is 2.42 bits per heavy atom. The van der Waals surface area contributed by atoms with Crippen LogP contribution in [0.3, 0.4) is 0 Å². The molecule has 1 N–H and O–H groups in total. The molecular weight excluding hydrogens is 324 g/mol. The van der Waals surface area contributed by atoms with Gasteiger partial charge in [0, 0.05) is 32.0 Å². The van der Waals surface area contributed by atoms with Crippen LogP contribution in [0.5, 0.6) is 0 Å². The third kappa shape index (κ3) is 5.09. The van der Waals surface area contributed by atoms with Crippen LogP contribution in [0.15, 0.2) is 24.3 Å². The van der Waals surface area contributed by atoms with Crippen LogP contribution in [0.2, 0.25) is 0 Å². The summed E-state index contributed by atoms with van der Waals surface area (Å²) in [5.41, 5.74) is 2.39. The smallest absolute Gasteiger partial charge is 0.225 e. The SMILES string of the molecule is Cc1ccccc1CNC(=O)CC1CCN(C(=O)C2CCCCC2)CC1. The molecule has 0 radical (unpaired) electrons. The molecule has 2 fully saturated rings. The van der Waals surface area contributed by atoms with E-state index in [1.54, 1.807) is 0 Å². The Labute approximate surface area is 157 Å². The monoisotopic (exact) mass is 356 g/mol. The molecule has 0 spiro atoms. The zero-order valence-electron chi connectivity index (χ0n) is 16.0. The number of piperidine rings is 1. The molecule has 142 valence electrons. The molecule has 1 saturated heterocycles. The van der Waals surface area contributed by atoms with Gasteiger partial charge in [0.1, 0.15) is 0 Å². The summed E-state index contributed by atoms with van der Waals surface area (Å²) in [4.78, 5) is 26.9. The number of likely N-dealkylation sites (tertiary alicyclic amines) is 1. The second kappa shape index (κ2) is 9.20. The quantitative estimate of drug-likeness (QED) is 0.872. The van der Waals surface area contributed by atoms with Crippen LogP contribution >= 0.6 is 0 Å². The van der Waals surface area contributed by atoms with Gasteiger partial charge in [0.15, 0.2) is 0 Å². The van der Waals surface area contributed by atoms with Gasteiger partial charge in [0.2, 0.25) is 11.8 Å². The van der Waals surface area contributed by atoms with Crippen molar-refractivity contribution in [3.63, 3.8) is 0 Å². The van der Waals surface area contributed by atoms with Crippen molar-refractivity contribution in [2.24, 2.45) is 11.8 Å². The fourth-order valence-electron chi connectivity index (χ4n) is 4.30. The highest BCUT2D eigenvalue weighted by Crippen LogP contribution is 2.28. The number of carbonyl (C=O) groups is 2. The first-order valence-corrected chi connectivity index (χ1v) is 10.2. The molecule has 0 bridgehead atoms. The van der Waals surface area contributed by atoms with E-state index in [2.05, 4.69) is 29.3 Å². The minimum absolute atomic E-state index is 0.130. The maximum absolute atomic E-state index is 12.6. The first kappa shape index (κ1) is 18.9. The Kier molecular flexibility index (Phi) is 6.70. The van der Waals surface area contributed by atoms with Crippen molar-refractivity contribution in [3.8, 4) is 0 Å². The van der Waals surface area contributed by atoms with E-state index in [-0.39, 0.29) is 11.8 Å². The summed E-state index contributed by atoms with van der Waals surface area (Å²) in [5.74, 6) is 1.16. The van der Waals surface area contributed by atoms with E-state index in [9.17, 15) is 9.59 Å². The largest absolute Gasteiger partial charge is 0.352 e. The van der Waals surface area contributed by atoms with Crippen LogP contribution in [0.4, 0.5) is 0 Å². The maximum Gasteiger partial charge on any atom is 0.225 e. The fourth-order valence-corrected chi connectivity index (χ4v) is 4.30. The molecule has 3 rings (SSSR count). The topological polar surface area (TPSA) is 49.4 Å². The number of rotatable bonds is 5. The highest BCUT2D eigenvalue weighted by atomic mass is 16.2. The van der Waals surface area contributed by atoms with Crippen LogP contribution in [-0.2, 0) is 16.1 Å². The lowest BCUT2D eigenvalue weighted by molar-refractivity contribution is -0.138. The number of aryl methyl sites for hydroxylation is 1. The zero-order valence-corrected chi connectivity index (χ0v) is 16.0. The average molecular weight is 357 g/mol. The van der Waals surface area contributed by atoms with Gasteiger partial charge in [-0.25, -0.2) is 0 Å². The van der Waals surface area contributed by atoms with Gasteiger partial charge in [0.25, 0.3) is 0 Å². The highest BCUT2D eigenvalue weighted by Gasteiger charge is 2.29. The molecule has 26 heavy (non-hydrogen) atoms. The van der Waals surface area contributed by atoms with Gasteiger partial charge < -0.3 is 10.2 Å². The van der Waals surface area contributed by atoms with Crippen LogP contribution in [0, 0.1) is 18.8 Å². The van der Waals surface area contributed by atoms with Crippen LogP contribution in [-0.4, -0.2) is 29.8 Å². The molecule has 2 amide bonds. The second-order valence-corrected chi connectivity index (χ2v) is 8.01. The summed E-state index contributed by atoms with van der Waals surface area (Å²) in [7, 11) is 0. The third-order valence-corrected chi connectivity index (χ3v) is 6.09. The third-order valence-electron chi connectivity index (χ3n) is 6.09. The van der Waals surface area contributed by atoms with E-state index >= 15 is 0 Å². The molecule has 1 aliphatic carbocycles. The summed E-state index contributed by atoms with van der Waals surface area (Å²) in [6, 6.07) is 8.15. The summed E-state index contributed by atoms with van der Waals surface area (Å²) < 4.78 is 0. The lowest BCUT2D eigenvalue weighted by Gasteiger charge is -2.35. The van der Waals surface area contributed by atoms with Crippen LogP contribution < -0.4 is 5.32 Å². The minimum atomic E-state index is 0.130. The number of nitrogens with zero attached hydrogens (tertiary/aromatic N) is 1. The van der Waals surface area contributed by atoms with Gasteiger partial charge in [-0.2, -0.15) is 0 Å². The van der Waals surface area contributed by atoms with E-state index in [1.807, 2.05) is 12.1 Å². The molecule has 1 heterocycles. The summed E-state index contributed by atoms with van der Waals surface area (Å²) in [6.07, 6.45) is 8.31. The van der Waals surface area contributed by atoms with E-state index in [0.717, 1.165) is 38.8 Å². The first-order valence-electron chi connectivity index (χ1n) is 10.2. The van der Waals surface area contributed by atoms with Crippen molar-refractivity contribution < 1.29 is 9.59 Å². The predicted molar refractivity (Wildman–Crippen MR) is 104 cm³/mol. The van der Waals surface area contributed by atoms with Gasteiger partial charge in [0.05, 0.1) is 0 Å². The number of carbonyl (C=O) groups excluding carboxylic acids is 2. The molecule has 0 atom stereocenters. The zero-order chi connectivity index (χ0) is 18.4. The van der Waals surface area contributed by atoms with E-state index in [0.29, 0.717) is 24.8 Å². The Balaban J connectivity index is 1.38. The van der Waals surface area contributed by atoms with Crippen molar-refractivity contribution in [2.75, 3.05) is 13.1 Å². The van der Waals surface area contributed by atoms with Crippen LogP contribution in [0.1, 0.15) is 62.5 Å². The molecule has 2 aliphatic rings. The van der Waals surface area contributed by atoms with Crippen molar-refractivity contribution in [1.82, 2.24) is 10.2 Å². The number of amides is 2. The molecule has 1 aromatic carbocycles. The lowest BCUT2D eigenvalue weighted by atomic mass is 9.87.